The van der Waals surface area contributed by atoms with Crippen LogP contribution >= 0.6 is 23.2 Å². The molecule has 12 heteroatoms. The fourth-order valence-corrected chi connectivity index (χ4v) is 5.31. The zero-order valence-electron chi connectivity index (χ0n) is 16.1. The molecular formula is C18H21Cl2N3O5S2. The standard InChI is InChI=1S/C18H21Cl2N3O5S2/c1-3-4-11(2)23-30(27,28)17-9-14(15(19)10-16(17)20)18(24)22-12-5-7-13(8-6-12)29(21,25)26/h5-11,23H,3-4H2,1-2H3,(H,22,24)(H2,21,25,26)/t11-/m1/s1. The molecule has 8 nitrogen and oxygen atoms in total. The lowest BCUT2D eigenvalue weighted by molar-refractivity contribution is 0.102. The maximum Gasteiger partial charge on any atom is 0.257 e. The van der Waals surface area contributed by atoms with Gasteiger partial charge in [0.25, 0.3) is 5.91 Å². The van der Waals surface area contributed by atoms with E-state index in [0.29, 0.717) is 6.42 Å². The summed E-state index contributed by atoms with van der Waals surface area (Å²) in [5, 5.41) is 7.39. The minimum Gasteiger partial charge on any atom is -0.322 e. The average molecular weight is 494 g/mol. The number of anilines is 1. The van der Waals surface area contributed by atoms with Crippen LogP contribution in [0.2, 0.25) is 10.0 Å². The Balaban J connectivity index is 2.33. The molecule has 2 rings (SSSR count). The van der Waals surface area contributed by atoms with Gasteiger partial charge in [-0.05, 0) is 49.7 Å². The van der Waals surface area contributed by atoms with Crippen molar-refractivity contribution in [1.82, 2.24) is 4.72 Å². The number of primary sulfonamides is 1. The van der Waals surface area contributed by atoms with E-state index in [1.165, 1.54) is 30.3 Å². The molecule has 0 aromatic heterocycles. The van der Waals surface area contributed by atoms with E-state index in [-0.39, 0.29) is 37.1 Å². The van der Waals surface area contributed by atoms with Gasteiger partial charge in [-0.1, -0.05) is 36.5 Å². The molecular weight excluding hydrogens is 473 g/mol. The molecule has 0 radical (unpaired) electrons. The Morgan fingerprint density at radius 3 is 2.20 bits per heavy atom. The largest absolute Gasteiger partial charge is 0.322 e. The Bertz CT molecular complexity index is 1150. The van der Waals surface area contributed by atoms with Crippen molar-refractivity contribution in [2.24, 2.45) is 5.14 Å². The smallest absolute Gasteiger partial charge is 0.257 e. The van der Waals surface area contributed by atoms with Crippen molar-refractivity contribution in [3.8, 4) is 0 Å². The maximum atomic E-state index is 12.7. The summed E-state index contributed by atoms with van der Waals surface area (Å²) in [6.07, 6.45) is 1.42. The third-order valence-corrected chi connectivity index (χ3v) is 7.37. The van der Waals surface area contributed by atoms with E-state index in [9.17, 15) is 21.6 Å². The predicted molar refractivity (Wildman–Crippen MR) is 117 cm³/mol. The SMILES string of the molecule is CCC[C@@H](C)NS(=O)(=O)c1cc(C(=O)Nc2ccc(S(N)(=O)=O)cc2)c(Cl)cc1Cl. The second kappa shape index (κ2) is 9.63. The Kier molecular flexibility index (Phi) is 7.89. The molecule has 30 heavy (non-hydrogen) atoms. The van der Waals surface area contributed by atoms with E-state index < -0.39 is 26.0 Å². The van der Waals surface area contributed by atoms with E-state index in [0.717, 1.165) is 12.5 Å². The second-order valence-corrected chi connectivity index (χ2v) is 10.7. The molecule has 0 bridgehead atoms. The highest BCUT2D eigenvalue weighted by atomic mass is 35.5. The van der Waals surface area contributed by atoms with E-state index in [4.69, 9.17) is 28.3 Å². The quantitative estimate of drug-likeness (QED) is 0.517. The number of benzene rings is 2. The van der Waals surface area contributed by atoms with Gasteiger partial charge in [0.1, 0.15) is 4.90 Å². The van der Waals surface area contributed by atoms with Crippen LogP contribution in [-0.4, -0.2) is 28.8 Å². The molecule has 1 amide bonds. The number of carbonyl (C=O) groups is 1. The summed E-state index contributed by atoms with van der Waals surface area (Å²) in [4.78, 5) is 12.2. The number of hydrogen-bond acceptors (Lipinski definition) is 5. The van der Waals surface area contributed by atoms with Crippen LogP contribution in [0.3, 0.4) is 0 Å². The average Bonchev–Trinajstić information content (AvgIpc) is 2.60. The summed E-state index contributed by atoms with van der Waals surface area (Å²) < 4.78 is 50.5. The molecule has 2 aromatic carbocycles. The lowest BCUT2D eigenvalue weighted by Gasteiger charge is -2.15. The Morgan fingerprint density at radius 2 is 1.67 bits per heavy atom. The van der Waals surface area contributed by atoms with Crippen LogP contribution in [0.5, 0.6) is 0 Å². The molecule has 164 valence electrons. The van der Waals surface area contributed by atoms with Gasteiger partial charge in [0, 0.05) is 11.7 Å². The number of nitrogens with two attached hydrogens (primary N) is 1. The number of halogens is 2. The van der Waals surface area contributed by atoms with Gasteiger partial charge in [-0.3, -0.25) is 4.79 Å². The van der Waals surface area contributed by atoms with Gasteiger partial charge in [0.05, 0.1) is 20.5 Å². The summed E-state index contributed by atoms with van der Waals surface area (Å²) in [6, 6.07) is 7.09. The number of sulfonamides is 2. The van der Waals surface area contributed by atoms with Gasteiger partial charge in [-0.2, -0.15) is 0 Å². The lowest BCUT2D eigenvalue weighted by atomic mass is 10.2. The first kappa shape index (κ1) is 24.6. The van der Waals surface area contributed by atoms with Crippen LogP contribution < -0.4 is 15.2 Å². The number of hydrogen-bond donors (Lipinski definition) is 3. The molecule has 1 atom stereocenters. The van der Waals surface area contributed by atoms with Crippen LogP contribution in [-0.2, 0) is 20.0 Å². The first-order valence-corrected chi connectivity index (χ1v) is 12.6. The van der Waals surface area contributed by atoms with Gasteiger partial charge in [0.2, 0.25) is 20.0 Å². The predicted octanol–water partition coefficient (Wildman–Crippen LogP) is 3.36. The van der Waals surface area contributed by atoms with Crippen LogP contribution in [0.15, 0.2) is 46.2 Å². The van der Waals surface area contributed by atoms with Gasteiger partial charge in [-0.25, -0.2) is 26.7 Å². The molecule has 0 aliphatic heterocycles. The summed E-state index contributed by atoms with van der Waals surface area (Å²) in [6.45, 7) is 3.65. The molecule has 0 saturated carbocycles. The number of amides is 1. The molecule has 4 N–H and O–H groups in total. The molecule has 2 aromatic rings. The van der Waals surface area contributed by atoms with Gasteiger partial charge in [-0.15, -0.1) is 0 Å². The Hall–Kier alpha value is -1.69. The van der Waals surface area contributed by atoms with Crippen molar-refractivity contribution in [3.63, 3.8) is 0 Å². The van der Waals surface area contributed by atoms with Crippen molar-refractivity contribution in [3.05, 3.63) is 52.0 Å². The van der Waals surface area contributed by atoms with Crippen molar-refractivity contribution >= 4 is 54.8 Å². The fraction of sp³-hybridized carbons (Fsp3) is 0.278. The minimum absolute atomic E-state index is 0.0424. The molecule has 0 spiro atoms. The van der Waals surface area contributed by atoms with E-state index in [1.54, 1.807) is 6.92 Å². The third-order valence-electron chi connectivity index (χ3n) is 4.07. The van der Waals surface area contributed by atoms with Crippen molar-refractivity contribution in [2.45, 2.75) is 42.5 Å². The highest BCUT2D eigenvalue weighted by Gasteiger charge is 2.24. The second-order valence-electron chi connectivity index (χ2n) is 6.60. The van der Waals surface area contributed by atoms with Crippen molar-refractivity contribution in [2.75, 3.05) is 5.32 Å². The van der Waals surface area contributed by atoms with Gasteiger partial charge < -0.3 is 5.32 Å². The van der Waals surface area contributed by atoms with Crippen LogP contribution in [0.1, 0.15) is 37.0 Å². The summed E-state index contributed by atoms with van der Waals surface area (Å²) in [5.41, 5.74) is 0.151. The fourth-order valence-electron chi connectivity index (χ4n) is 2.66. The number of carbonyl (C=O) groups excluding carboxylic acids is 1. The molecule has 0 aliphatic rings. The summed E-state index contributed by atoms with van der Waals surface area (Å²) in [5.74, 6) is -0.696. The van der Waals surface area contributed by atoms with E-state index in [2.05, 4.69) is 10.0 Å². The first-order chi connectivity index (χ1) is 13.8. The number of rotatable bonds is 8. The Labute approximate surface area is 185 Å². The van der Waals surface area contributed by atoms with Crippen LogP contribution in [0.25, 0.3) is 0 Å². The minimum atomic E-state index is -3.98. The zero-order valence-corrected chi connectivity index (χ0v) is 19.3. The summed E-state index contributed by atoms with van der Waals surface area (Å²) in [7, 11) is -7.85. The van der Waals surface area contributed by atoms with E-state index >= 15 is 0 Å². The molecule has 0 fully saturated rings. The Morgan fingerprint density at radius 1 is 1.07 bits per heavy atom. The molecule has 0 unspecified atom stereocenters. The van der Waals surface area contributed by atoms with Gasteiger partial charge in [0.15, 0.2) is 0 Å². The maximum absolute atomic E-state index is 12.7. The normalized spacial score (nSPS) is 13.1. The van der Waals surface area contributed by atoms with Crippen LogP contribution in [0.4, 0.5) is 5.69 Å². The summed E-state index contributed by atoms with van der Waals surface area (Å²) >= 11 is 12.2. The molecule has 0 heterocycles. The van der Waals surface area contributed by atoms with Gasteiger partial charge >= 0.3 is 0 Å². The molecule has 0 saturated heterocycles. The zero-order chi connectivity index (χ0) is 22.7. The van der Waals surface area contributed by atoms with Crippen LogP contribution in [0, 0.1) is 0 Å². The first-order valence-electron chi connectivity index (χ1n) is 8.80. The third kappa shape index (κ3) is 6.16. The molecule has 0 aliphatic carbocycles. The lowest BCUT2D eigenvalue weighted by Crippen LogP contribution is -2.32. The number of nitrogens with one attached hydrogen (secondary N) is 2. The monoisotopic (exact) mass is 493 g/mol. The topological polar surface area (TPSA) is 135 Å². The van der Waals surface area contributed by atoms with Crippen molar-refractivity contribution < 1.29 is 21.6 Å². The van der Waals surface area contributed by atoms with E-state index in [1.807, 2.05) is 6.92 Å². The highest BCUT2D eigenvalue weighted by molar-refractivity contribution is 7.89. The highest BCUT2D eigenvalue weighted by Crippen LogP contribution is 2.29. The van der Waals surface area contributed by atoms with Crippen molar-refractivity contribution in [1.29, 1.82) is 0 Å².